The van der Waals surface area contributed by atoms with Crippen molar-refractivity contribution in [2.45, 2.75) is 50.1 Å². The van der Waals surface area contributed by atoms with Crippen molar-refractivity contribution in [2.75, 3.05) is 0 Å². The maximum Gasteiger partial charge on any atom is 0.277 e. The number of thioether (sulfide) groups is 1. The van der Waals surface area contributed by atoms with E-state index in [1.54, 1.807) is 22.7 Å². The van der Waals surface area contributed by atoms with E-state index in [-0.39, 0.29) is 11.2 Å². The molecule has 3 aromatic rings. The SMILES string of the molecule is C[C@@H]1CCc2sc(-c3nnc(S[C@H](C)C(=O)NCc4cccs4)o3)cc2C1. The number of nitrogens with one attached hydrogen (secondary N) is 1. The zero-order valence-electron chi connectivity index (χ0n) is 15.2. The van der Waals surface area contributed by atoms with Crippen molar-refractivity contribution < 1.29 is 9.21 Å². The average molecular weight is 420 g/mol. The first kappa shape index (κ1) is 18.7. The summed E-state index contributed by atoms with van der Waals surface area (Å²) in [6.07, 6.45) is 3.51. The van der Waals surface area contributed by atoms with Gasteiger partial charge >= 0.3 is 0 Å². The predicted octanol–water partition coefficient (Wildman–Crippen LogP) is 4.78. The molecule has 3 aromatic heterocycles. The third-order valence-electron chi connectivity index (χ3n) is 4.61. The first-order valence-corrected chi connectivity index (χ1v) is 11.6. The van der Waals surface area contributed by atoms with Crippen LogP contribution in [0.4, 0.5) is 0 Å². The molecule has 0 fully saturated rings. The Balaban J connectivity index is 1.37. The summed E-state index contributed by atoms with van der Waals surface area (Å²) < 4.78 is 5.82. The maximum absolute atomic E-state index is 12.3. The normalized spacial score (nSPS) is 17.5. The molecule has 2 atom stereocenters. The van der Waals surface area contributed by atoms with Gasteiger partial charge in [-0.3, -0.25) is 4.79 Å². The Morgan fingerprint density at radius 2 is 2.37 bits per heavy atom. The monoisotopic (exact) mass is 419 g/mol. The molecule has 27 heavy (non-hydrogen) atoms. The third-order valence-corrected chi connectivity index (χ3v) is 7.65. The van der Waals surface area contributed by atoms with Gasteiger partial charge in [0.05, 0.1) is 16.7 Å². The van der Waals surface area contributed by atoms with Gasteiger partial charge in [0.25, 0.3) is 11.1 Å². The van der Waals surface area contributed by atoms with E-state index in [0.29, 0.717) is 17.7 Å². The second kappa shape index (κ2) is 8.16. The number of aromatic nitrogens is 2. The lowest BCUT2D eigenvalue weighted by molar-refractivity contribution is -0.120. The van der Waals surface area contributed by atoms with Gasteiger partial charge in [0, 0.05) is 9.75 Å². The summed E-state index contributed by atoms with van der Waals surface area (Å²) in [4.78, 5) is 15.9. The second-order valence-electron chi connectivity index (χ2n) is 6.84. The molecule has 4 rings (SSSR count). The lowest BCUT2D eigenvalue weighted by Gasteiger charge is -2.16. The highest BCUT2D eigenvalue weighted by Crippen LogP contribution is 2.37. The van der Waals surface area contributed by atoms with Gasteiger partial charge in [-0.25, -0.2) is 0 Å². The fourth-order valence-electron chi connectivity index (χ4n) is 3.10. The minimum Gasteiger partial charge on any atom is -0.410 e. The molecule has 142 valence electrons. The highest BCUT2D eigenvalue weighted by atomic mass is 32.2. The van der Waals surface area contributed by atoms with Crippen molar-refractivity contribution in [3.63, 3.8) is 0 Å². The number of fused-ring (bicyclic) bond motifs is 1. The molecule has 3 heterocycles. The lowest BCUT2D eigenvalue weighted by atomic mass is 9.90. The molecule has 0 saturated carbocycles. The van der Waals surface area contributed by atoms with Crippen molar-refractivity contribution >= 4 is 40.3 Å². The van der Waals surface area contributed by atoms with Crippen LogP contribution in [-0.4, -0.2) is 21.4 Å². The Morgan fingerprint density at radius 1 is 1.48 bits per heavy atom. The van der Waals surface area contributed by atoms with Crippen molar-refractivity contribution in [1.29, 1.82) is 0 Å². The van der Waals surface area contributed by atoms with Gasteiger partial charge in [0.15, 0.2) is 0 Å². The standard InChI is InChI=1S/C19H21N3O2S3/c1-11-5-6-15-13(8-11)9-16(27-15)18-21-22-19(24-18)26-12(2)17(23)20-10-14-4-3-7-25-14/h3-4,7,9,11-12H,5-6,8,10H2,1-2H3,(H,20,23)/t11-,12-/m1/s1. The van der Waals surface area contributed by atoms with Crippen LogP contribution in [0.25, 0.3) is 10.8 Å². The topological polar surface area (TPSA) is 68.0 Å². The van der Waals surface area contributed by atoms with Crippen LogP contribution < -0.4 is 5.32 Å². The Kier molecular flexibility index (Phi) is 5.66. The molecule has 0 saturated heterocycles. The number of hydrogen-bond acceptors (Lipinski definition) is 7. The Bertz CT molecular complexity index is 917. The molecule has 0 bridgehead atoms. The Labute approximate surface area is 170 Å². The van der Waals surface area contributed by atoms with Crippen LogP contribution in [0.1, 0.15) is 35.6 Å². The molecule has 0 aromatic carbocycles. The number of hydrogen-bond donors (Lipinski definition) is 1. The van der Waals surface area contributed by atoms with E-state index in [1.165, 1.54) is 28.6 Å². The van der Waals surface area contributed by atoms with Crippen LogP contribution in [0.2, 0.25) is 0 Å². The number of rotatable bonds is 6. The molecule has 0 unspecified atom stereocenters. The minimum absolute atomic E-state index is 0.0336. The predicted molar refractivity (Wildman–Crippen MR) is 110 cm³/mol. The number of nitrogens with zero attached hydrogens (tertiary/aromatic N) is 2. The maximum atomic E-state index is 12.3. The second-order valence-corrected chi connectivity index (χ2v) is 10.3. The van der Waals surface area contributed by atoms with Crippen LogP contribution in [0.5, 0.6) is 0 Å². The first-order chi connectivity index (χ1) is 13.1. The smallest absolute Gasteiger partial charge is 0.277 e. The van der Waals surface area contributed by atoms with Crippen LogP contribution in [0, 0.1) is 5.92 Å². The molecule has 1 aliphatic carbocycles. The van der Waals surface area contributed by atoms with Gasteiger partial charge in [0.2, 0.25) is 5.91 Å². The molecule has 0 aliphatic heterocycles. The quantitative estimate of drug-likeness (QED) is 0.582. The fourth-order valence-corrected chi connectivity index (χ4v) is 5.59. The third kappa shape index (κ3) is 4.44. The Morgan fingerprint density at radius 3 is 3.19 bits per heavy atom. The van der Waals surface area contributed by atoms with Gasteiger partial charge in [-0.2, -0.15) is 0 Å². The average Bonchev–Trinajstić information content (AvgIpc) is 3.39. The summed E-state index contributed by atoms with van der Waals surface area (Å²) in [5.41, 5.74) is 1.42. The molecule has 5 nitrogen and oxygen atoms in total. The van der Waals surface area contributed by atoms with Gasteiger partial charge in [0.1, 0.15) is 0 Å². The summed E-state index contributed by atoms with van der Waals surface area (Å²) in [5, 5.41) is 13.4. The summed E-state index contributed by atoms with van der Waals surface area (Å²) >= 11 is 4.68. The molecule has 1 amide bonds. The molecular formula is C19H21N3O2S3. The van der Waals surface area contributed by atoms with Crippen LogP contribution in [0.15, 0.2) is 33.2 Å². The molecule has 1 N–H and O–H groups in total. The number of carbonyl (C=O) groups is 1. The Hall–Kier alpha value is -1.64. The molecule has 8 heteroatoms. The minimum atomic E-state index is -0.296. The summed E-state index contributed by atoms with van der Waals surface area (Å²) in [6, 6.07) is 6.18. The first-order valence-electron chi connectivity index (χ1n) is 9.00. The summed E-state index contributed by atoms with van der Waals surface area (Å²) in [5.74, 6) is 1.26. The van der Waals surface area contributed by atoms with Crippen LogP contribution in [0.3, 0.4) is 0 Å². The van der Waals surface area contributed by atoms with E-state index in [4.69, 9.17) is 4.42 Å². The number of amides is 1. The van der Waals surface area contributed by atoms with E-state index in [0.717, 1.165) is 28.5 Å². The largest absolute Gasteiger partial charge is 0.410 e. The number of carbonyl (C=O) groups excluding carboxylic acids is 1. The highest BCUT2D eigenvalue weighted by Gasteiger charge is 2.22. The number of aryl methyl sites for hydroxylation is 1. The van der Waals surface area contributed by atoms with Crippen molar-refractivity contribution in [3.05, 3.63) is 38.9 Å². The zero-order valence-corrected chi connectivity index (χ0v) is 17.7. The van der Waals surface area contributed by atoms with Gasteiger partial charge in [-0.05, 0) is 55.2 Å². The van der Waals surface area contributed by atoms with E-state index in [9.17, 15) is 4.79 Å². The van der Waals surface area contributed by atoms with Crippen molar-refractivity contribution in [3.8, 4) is 10.8 Å². The lowest BCUT2D eigenvalue weighted by Crippen LogP contribution is -2.30. The highest BCUT2D eigenvalue weighted by molar-refractivity contribution is 8.00. The van der Waals surface area contributed by atoms with Gasteiger partial charge in [-0.15, -0.1) is 32.9 Å². The zero-order chi connectivity index (χ0) is 18.8. The molecule has 1 aliphatic rings. The summed E-state index contributed by atoms with van der Waals surface area (Å²) in [6.45, 7) is 4.70. The molecule has 0 radical (unpaired) electrons. The van der Waals surface area contributed by atoms with Crippen molar-refractivity contribution in [1.82, 2.24) is 15.5 Å². The van der Waals surface area contributed by atoms with Gasteiger partial charge in [-0.1, -0.05) is 24.8 Å². The number of thiophene rings is 2. The molecular weight excluding hydrogens is 398 g/mol. The van der Waals surface area contributed by atoms with Crippen LogP contribution >= 0.6 is 34.4 Å². The fraction of sp³-hybridized carbons (Fsp3) is 0.421. The van der Waals surface area contributed by atoms with E-state index >= 15 is 0 Å². The van der Waals surface area contributed by atoms with E-state index in [1.807, 2.05) is 24.4 Å². The van der Waals surface area contributed by atoms with E-state index in [2.05, 4.69) is 28.5 Å². The van der Waals surface area contributed by atoms with Gasteiger partial charge < -0.3 is 9.73 Å². The van der Waals surface area contributed by atoms with Crippen molar-refractivity contribution in [2.24, 2.45) is 5.92 Å². The molecule has 0 spiro atoms. The van der Waals surface area contributed by atoms with Crippen LogP contribution in [-0.2, 0) is 24.2 Å². The van der Waals surface area contributed by atoms with E-state index < -0.39 is 0 Å². The summed E-state index contributed by atoms with van der Waals surface area (Å²) in [7, 11) is 0.